The molecule has 0 saturated heterocycles. The molecular formula is C22H18N4. The number of aromatic amines is 1. The van der Waals surface area contributed by atoms with Crippen molar-refractivity contribution in [2.24, 2.45) is 0 Å². The minimum absolute atomic E-state index is 0.334. The SMILES string of the molecule is N=C(c1ccc[nH]1)c1cc(-c2cccc(-c3ccccc3)c2)cnc1N. The van der Waals surface area contributed by atoms with Crippen molar-refractivity contribution in [1.82, 2.24) is 9.97 Å². The van der Waals surface area contributed by atoms with E-state index in [-0.39, 0.29) is 0 Å². The van der Waals surface area contributed by atoms with Crippen molar-refractivity contribution in [2.75, 3.05) is 5.73 Å². The summed E-state index contributed by atoms with van der Waals surface area (Å²) in [6, 6.07) is 24.2. The van der Waals surface area contributed by atoms with Gasteiger partial charge in [-0.15, -0.1) is 0 Å². The quantitative estimate of drug-likeness (QED) is 0.470. The zero-order valence-electron chi connectivity index (χ0n) is 14.1. The highest BCUT2D eigenvalue weighted by Crippen LogP contribution is 2.28. The molecule has 2 aromatic carbocycles. The molecule has 4 heteroatoms. The third-order valence-corrected chi connectivity index (χ3v) is 4.36. The van der Waals surface area contributed by atoms with Gasteiger partial charge in [0.25, 0.3) is 0 Å². The van der Waals surface area contributed by atoms with E-state index in [0.717, 1.165) is 22.3 Å². The third-order valence-electron chi connectivity index (χ3n) is 4.36. The van der Waals surface area contributed by atoms with Crippen LogP contribution in [-0.4, -0.2) is 15.7 Å². The first-order chi connectivity index (χ1) is 12.7. The highest BCUT2D eigenvalue weighted by atomic mass is 14.8. The van der Waals surface area contributed by atoms with Crippen LogP contribution in [-0.2, 0) is 0 Å². The van der Waals surface area contributed by atoms with Crippen LogP contribution in [0.4, 0.5) is 5.82 Å². The van der Waals surface area contributed by atoms with Crippen LogP contribution in [0.25, 0.3) is 22.3 Å². The Kier molecular flexibility index (Phi) is 4.07. The maximum atomic E-state index is 8.41. The van der Waals surface area contributed by atoms with E-state index in [0.29, 0.717) is 22.8 Å². The Morgan fingerprint density at radius 1 is 0.808 bits per heavy atom. The molecule has 4 N–H and O–H groups in total. The average molecular weight is 338 g/mol. The zero-order chi connectivity index (χ0) is 17.9. The largest absolute Gasteiger partial charge is 0.383 e. The summed E-state index contributed by atoms with van der Waals surface area (Å²) < 4.78 is 0. The maximum absolute atomic E-state index is 8.41. The van der Waals surface area contributed by atoms with Gasteiger partial charge in [-0.1, -0.05) is 48.5 Å². The van der Waals surface area contributed by atoms with Gasteiger partial charge in [0.2, 0.25) is 0 Å². The number of hydrogen-bond donors (Lipinski definition) is 3. The summed E-state index contributed by atoms with van der Waals surface area (Å²) in [6.45, 7) is 0. The first-order valence-corrected chi connectivity index (χ1v) is 8.36. The molecule has 0 bridgehead atoms. The van der Waals surface area contributed by atoms with Gasteiger partial charge in [-0.25, -0.2) is 4.98 Å². The number of nitrogens with one attached hydrogen (secondary N) is 2. The molecule has 0 radical (unpaired) electrons. The van der Waals surface area contributed by atoms with Crippen LogP contribution < -0.4 is 5.73 Å². The second kappa shape index (κ2) is 6.69. The van der Waals surface area contributed by atoms with Crippen LogP contribution in [0.15, 0.2) is 85.2 Å². The molecule has 0 aliphatic rings. The Bertz CT molecular complexity index is 1050. The molecule has 0 fully saturated rings. The molecule has 26 heavy (non-hydrogen) atoms. The number of nitrogens with zero attached hydrogens (tertiary/aromatic N) is 1. The lowest BCUT2D eigenvalue weighted by atomic mass is 9.98. The minimum atomic E-state index is 0.334. The van der Waals surface area contributed by atoms with E-state index in [1.807, 2.05) is 48.5 Å². The van der Waals surface area contributed by atoms with Crippen molar-refractivity contribution < 1.29 is 0 Å². The Balaban J connectivity index is 1.75. The van der Waals surface area contributed by atoms with E-state index in [9.17, 15) is 0 Å². The third kappa shape index (κ3) is 3.00. The van der Waals surface area contributed by atoms with Crippen LogP contribution in [0.5, 0.6) is 0 Å². The maximum Gasteiger partial charge on any atom is 0.132 e. The van der Waals surface area contributed by atoms with Crippen LogP contribution in [0.2, 0.25) is 0 Å². The van der Waals surface area contributed by atoms with Gasteiger partial charge in [-0.3, -0.25) is 5.41 Å². The van der Waals surface area contributed by atoms with Crippen molar-refractivity contribution in [1.29, 1.82) is 5.41 Å². The van der Waals surface area contributed by atoms with Gasteiger partial charge in [0.15, 0.2) is 0 Å². The van der Waals surface area contributed by atoms with Crippen LogP contribution in [0, 0.1) is 5.41 Å². The first kappa shape index (κ1) is 15.8. The monoisotopic (exact) mass is 338 g/mol. The molecule has 2 heterocycles. The van der Waals surface area contributed by atoms with Crippen molar-refractivity contribution in [3.63, 3.8) is 0 Å². The fourth-order valence-electron chi connectivity index (χ4n) is 2.97. The molecule has 0 saturated carbocycles. The summed E-state index contributed by atoms with van der Waals surface area (Å²) in [7, 11) is 0. The molecule has 0 atom stereocenters. The highest BCUT2D eigenvalue weighted by Gasteiger charge is 2.12. The Labute approximate surface area is 151 Å². The van der Waals surface area contributed by atoms with E-state index < -0.39 is 0 Å². The number of hydrogen-bond acceptors (Lipinski definition) is 3. The summed E-state index contributed by atoms with van der Waals surface area (Å²) in [6.07, 6.45) is 3.55. The Hall–Kier alpha value is -3.66. The smallest absolute Gasteiger partial charge is 0.132 e. The van der Waals surface area contributed by atoms with Gasteiger partial charge >= 0.3 is 0 Å². The summed E-state index contributed by atoms with van der Waals surface area (Å²) in [5, 5.41) is 8.41. The number of nitrogen functional groups attached to an aromatic ring is 1. The minimum Gasteiger partial charge on any atom is -0.383 e. The number of anilines is 1. The number of rotatable bonds is 4. The molecule has 0 spiro atoms. The van der Waals surface area contributed by atoms with Crippen molar-refractivity contribution in [3.05, 3.63) is 96.4 Å². The van der Waals surface area contributed by atoms with E-state index in [4.69, 9.17) is 11.1 Å². The topological polar surface area (TPSA) is 78.5 Å². The number of pyridine rings is 1. The standard InChI is InChI=1S/C22H18N4/c23-21(20-10-5-11-25-20)19-13-18(14-26-22(19)24)17-9-4-8-16(12-17)15-6-2-1-3-7-15/h1-14,23,25H,(H2,24,26). The van der Waals surface area contributed by atoms with Gasteiger partial charge in [0, 0.05) is 23.5 Å². The van der Waals surface area contributed by atoms with Gasteiger partial charge in [0.1, 0.15) is 5.82 Å². The lowest BCUT2D eigenvalue weighted by Gasteiger charge is -2.10. The lowest BCUT2D eigenvalue weighted by molar-refractivity contribution is 1.29. The van der Waals surface area contributed by atoms with Crippen molar-refractivity contribution in [3.8, 4) is 22.3 Å². The fourth-order valence-corrected chi connectivity index (χ4v) is 2.97. The van der Waals surface area contributed by atoms with Crippen LogP contribution in [0.3, 0.4) is 0 Å². The summed E-state index contributed by atoms with van der Waals surface area (Å²) in [5.74, 6) is 0.354. The predicted octanol–water partition coefficient (Wildman–Crippen LogP) is 4.74. The molecule has 0 amide bonds. The predicted molar refractivity (Wildman–Crippen MR) is 106 cm³/mol. The second-order valence-corrected chi connectivity index (χ2v) is 6.06. The number of benzene rings is 2. The first-order valence-electron chi connectivity index (χ1n) is 8.36. The molecule has 4 rings (SSSR count). The molecule has 0 aliphatic carbocycles. The van der Waals surface area contributed by atoms with Gasteiger partial charge < -0.3 is 10.7 Å². The number of aromatic nitrogens is 2. The van der Waals surface area contributed by atoms with E-state index in [1.165, 1.54) is 0 Å². The molecule has 4 aromatic rings. The second-order valence-electron chi connectivity index (χ2n) is 6.06. The average Bonchev–Trinajstić information content (AvgIpc) is 3.23. The van der Waals surface area contributed by atoms with E-state index in [1.54, 1.807) is 12.4 Å². The fraction of sp³-hybridized carbons (Fsp3) is 0. The molecule has 126 valence electrons. The van der Waals surface area contributed by atoms with Gasteiger partial charge in [-0.05, 0) is 41.0 Å². The Morgan fingerprint density at radius 3 is 2.27 bits per heavy atom. The summed E-state index contributed by atoms with van der Waals surface area (Å²) in [4.78, 5) is 7.36. The zero-order valence-corrected chi connectivity index (χ0v) is 14.1. The Morgan fingerprint density at radius 2 is 1.54 bits per heavy atom. The summed E-state index contributed by atoms with van der Waals surface area (Å²) >= 11 is 0. The molecule has 4 nitrogen and oxygen atoms in total. The van der Waals surface area contributed by atoms with E-state index >= 15 is 0 Å². The van der Waals surface area contributed by atoms with E-state index in [2.05, 4.69) is 34.2 Å². The number of nitrogens with two attached hydrogens (primary N) is 1. The molecule has 0 unspecified atom stereocenters. The van der Waals surface area contributed by atoms with Gasteiger partial charge in [0.05, 0.1) is 11.4 Å². The molecule has 0 aliphatic heterocycles. The molecular weight excluding hydrogens is 320 g/mol. The van der Waals surface area contributed by atoms with Gasteiger partial charge in [-0.2, -0.15) is 0 Å². The summed E-state index contributed by atoms with van der Waals surface area (Å²) in [5.41, 5.74) is 12.0. The van der Waals surface area contributed by atoms with Crippen molar-refractivity contribution in [2.45, 2.75) is 0 Å². The number of H-pyrrole nitrogens is 1. The van der Waals surface area contributed by atoms with Crippen LogP contribution in [0.1, 0.15) is 11.3 Å². The normalized spacial score (nSPS) is 10.6. The van der Waals surface area contributed by atoms with Crippen molar-refractivity contribution >= 4 is 11.5 Å². The highest BCUT2D eigenvalue weighted by molar-refractivity contribution is 6.12. The van der Waals surface area contributed by atoms with Crippen LogP contribution >= 0.6 is 0 Å². The molecule has 2 aromatic heterocycles. The lowest BCUT2D eigenvalue weighted by Crippen LogP contribution is -2.07.